The van der Waals surface area contributed by atoms with Crippen molar-refractivity contribution in [3.8, 4) is 0 Å². The Balaban J connectivity index is 2.16. The monoisotopic (exact) mass is 276 g/mol. The van der Waals surface area contributed by atoms with Crippen LogP contribution in [-0.2, 0) is 4.74 Å². The molecule has 1 fully saturated rings. The average molecular weight is 276 g/mol. The highest BCUT2D eigenvalue weighted by Gasteiger charge is 2.44. The number of amides is 1. The van der Waals surface area contributed by atoms with Crippen LogP contribution in [0.4, 0.5) is 13.2 Å². The van der Waals surface area contributed by atoms with E-state index in [0.717, 1.165) is 4.90 Å². The van der Waals surface area contributed by atoms with E-state index in [4.69, 9.17) is 0 Å². The minimum absolute atomic E-state index is 0.0275. The molecule has 5 nitrogen and oxygen atoms in total. The second-order valence-electron chi connectivity index (χ2n) is 4.07. The summed E-state index contributed by atoms with van der Waals surface area (Å²) >= 11 is 0. The highest BCUT2D eigenvalue weighted by atomic mass is 19.4. The van der Waals surface area contributed by atoms with Gasteiger partial charge in [0.2, 0.25) is 0 Å². The number of carbonyl (C=O) groups excluding carboxylic acids is 1. The van der Waals surface area contributed by atoms with Crippen LogP contribution in [0.2, 0.25) is 0 Å². The zero-order valence-electron chi connectivity index (χ0n) is 9.74. The van der Waals surface area contributed by atoms with Crippen molar-refractivity contribution in [3.63, 3.8) is 0 Å². The minimum atomic E-state index is -4.53. The number of nitrogens with one attached hydrogen (secondary N) is 1. The van der Waals surface area contributed by atoms with Gasteiger partial charge in [0, 0.05) is 12.7 Å². The molecule has 1 amide bonds. The molecule has 104 valence electrons. The van der Waals surface area contributed by atoms with E-state index in [1.54, 1.807) is 0 Å². The molecule has 1 atom stereocenters. The summed E-state index contributed by atoms with van der Waals surface area (Å²) in [6.07, 6.45) is -5.19. The lowest BCUT2D eigenvalue weighted by molar-refractivity contribution is -0.233. The number of ether oxygens (including phenoxy) is 1. The summed E-state index contributed by atoms with van der Waals surface area (Å²) in [5.74, 6) is -0.723. The number of aromatic nitrogens is 1. The summed E-state index contributed by atoms with van der Waals surface area (Å²) < 4.78 is 42.2. The fourth-order valence-corrected chi connectivity index (χ4v) is 1.79. The first-order valence-corrected chi connectivity index (χ1v) is 5.55. The Morgan fingerprint density at radius 1 is 1.47 bits per heavy atom. The van der Waals surface area contributed by atoms with Gasteiger partial charge in [-0.2, -0.15) is 13.2 Å². The molecule has 8 heteroatoms. The highest BCUT2D eigenvalue weighted by Crippen LogP contribution is 2.26. The number of hydrogen-bond acceptors (Lipinski definition) is 3. The predicted molar refractivity (Wildman–Crippen MR) is 58.8 cm³/mol. The van der Waals surface area contributed by atoms with Gasteiger partial charge < -0.3 is 14.6 Å². The Morgan fingerprint density at radius 2 is 2.21 bits per heavy atom. The first-order valence-electron chi connectivity index (χ1n) is 5.55. The van der Waals surface area contributed by atoms with Gasteiger partial charge in [-0.25, -0.2) is 0 Å². The van der Waals surface area contributed by atoms with E-state index in [2.05, 4.69) is 9.72 Å². The van der Waals surface area contributed by atoms with Crippen LogP contribution in [0.15, 0.2) is 23.1 Å². The molecule has 0 saturated carbocycles. The molecule has 1 aliphatic heterocycles. The van der Waals surface area contributed by atoms with E-state index in [1.807, 2.05) is 0 Å². The van der Waals surface area contributed by atoms with Crippen molar-refractivity contribution >= 4 is 5.91 Å². The number of rotatable bonds is 1. The van der Waals surface area contributed by atoms with Crippen LogP contribution in [0, 0.1) is 0 Å². The van der Waals surface area contributed by atoms with E-state index in [9.17, 15) is 22.8 Å². The number of hydrogen-bond donors (Lipinski definition) is 1. The first kappa shape index (κ1) is 13.6. The van der Waals surface area contributed by atoms with Gasteiger partial charge in [0.05, 0.1) is 13.2 Å². The number of carbonyl (C=O) groups is 1. The number of nitrogens with zero attached hydrogens (tertiary/aromatic N) is 1. The summed E-state index contributed by atoms with van der Waals surface area (Å²) in [6, 6.07) is 2.72. The number of H-pyrrole nitrogens is 1. The van der Waals surface area contributed by atoms with Gasteiger partial charge >= 0.3 is 6.18 Å². The Kier molecular flexibility index (Phi) is 3.61. The van der Waals surface area contributed by atoms with Crippen LogP contribution in [-0.4, -0.2) is 47.8 Å². The summed E-state index contributed by atoms with van der Waals surface area (Å²) in [4.78, 5) is 26.7. The molecular formula is C11H11F3N2O3. The van der Waals surface area contributed by atoms with Crippen molar-refractivity contribution in [2.75, 3.05) is 19.7 Å². The third-order valence-electron chi connectivity index (χ3n) is 2.77. The molecule has 0 bridgehead atoms. The molecule has 1 aromatic heterocycles. The summed E-state index contributed by atoms with van der Waals surface area (Å²) in [7, 11) is 0. The third kappa shape index (κ3) is 2.95. The second kappa shape index (κ2) is 5.04. The van der Waals surface area contributed by atoms with Gasteiger partial charge in [-0.15, -0.1) is 0 Å². The standard InChI is InChI=1S/C11H11F3N2O3/c12-11(13,14)8-6-16(4-5-19-8)10(18)7-2-1-3-15-9(7)17/h1-3,8H,4-6H2,(H,15,17)/t8-/m0/s1. The van der Waals surface area contributed by atoms with Crippen molar-refractivity contribution in [1.29, 1.82) is 0 Å². The molecule has 1 aromatic rings. The SMILES string of the molecule is O=C(c1ccc[nH]c1=O)N1CCO[C@H](C(F)(F)F)C1. The Hall–Kier alpha value is -1.83. The lowest BCUT2D eigenvalue weighted by Gasteiger charge is -2.33. The molecule has 0 unspecified atom stereocenters. The van der Waals surface area contributed by atoms with Crippen LogP contribution in [0.1, 0.15) is 10.4 Å². The molecule has 0 aromatic carbocycles. The van der Waals surface area contributed by atoms with Crippen LogP contribution in [0.25, 0.3) is 0 Å². The Morgan fingerprint density at radius 3 is 2.84 bits per heavy atom. The Labute approximate surface area is 106 Å². The van der Waals surface area contributed by atoms with E-state index < -0.39 is 30.3 Å². The smallest absolute Gasteiger partial charge is 0.365 e. The lowest BCUT2D eigenvalue weighted by Crippen LogP contribution is -2.51. The van der Waals surface area contributed by atoms with Crippen molar-refractivity contribution in [3.05, 3.63) is 34.2 Å². The molecule has 1 saturated heterocycles. The molecule has 0 radical (unpaired) electrons. The Bertz CT molecular complexity index is 526. The van der Waals surface area contributed by atoms with Crippen LogP contribution >= 0.6 is 0 Å². The van der Waals surface area contributed by atoms with Crippen LogP contribution in [0.3, 0.4) is 0 Å². The first-order chi connectivity index (χ1) is 8.89. The second-order valence-corrected chi connectivity index (χ2v) is 4.07. The van der Waals surface area contributed by atoms with Gasteiger partial charge in [-0.3, -0.25) is 9.59 Å². The molecule has 1 aliphatic rings. The predicted octanol–water partition coefficient (Wildman–Crippen LogP) is 0.778. The van der Waals surface area contributed by atoms with Crippen LogP contribution in [0.5, 0.6) is 0 Å². The van der Waals surface area contributed by atoms with E-state index in [0.29, 0.717) is 0 Å². The fraction of sp³-hybridized carbons (Fsp3) is 0.455. The molecule has 1 N–H and O–H groups in total. The van der Waals surface area contributed by atoms with E-state index in [1.165, 1.54) is 18.3 Å². The quantitative estimate of drug-likeness (QED) is 0.824. The number of halogens is 3. The van der Waals surface area contributed by atoms with E-state index >= 15 is 0 Å². The lowest BCUT2D eigenvalue weighted by atomic mass is 10.2. The molecule has 2 rings (SSSR count). The van der Waals surface area contributed by atoms with Gasteiger partial charge in [-0.1, -0.05) is 0 Å². The topological polar surface area (TPSA) is 62.4 Å². The van der Waals surface area contributed by atoms with Gasteiger partial charge in [0.15, 0.2) is 6.10 Å². The number of pyridine rings is 1. The molecule has 2 heterocycles. The van der Waals surface area contributed by atoms with Crippen molar-refractivity contribution in [1.82, 2.24) is 9.88 Å². The summed E-state index contributed by atoms with van der Waals surface area (Å²) in [5.41, 5.74) is -0.798. The van der Waals surface area contributed by atoms with Crippen LogP contribution < -0.4 is 5.56 Å². The van der Waals surface area contributed by atoms with Crippen molar-refractivity contribution in [2.24, 2.45) is 0 Å². The largest absolute Gasteiger partial charge is 0.416 e. The zero-order chi connectivity index (χ0) is 14.0. The molecular weight excluding hydrogens is 265 g/mol. The van der Waals surface area contributed by atoms with Gasteiger partial charge in [0.25, 0.3) is 11.5 Å². The highest BCUT2D eigenvalue weighted by molar-refractivity contribution is 5.93. The molecule has 0 aliphatic carbocycles. The van der Waals surface area contributed by atoms with Crippen molar-refractivity contribution in [2.45, 2.75) is 12.3 Å². The normalized spacial score (nSPS) is 20.4. The zero-order valence-corrected chi connectivity index (χ0v) is 9.74. The number of alkyl halides is 3. The number of morpholine rings is 1. The number of aromatic amines is 1. The third-order valence-corrected chi connectivity index (χ3v) is 2.77. The summed E-state index contributed by atoms with van der Waals surface area (Å²) in [6.45, 7) is -0.781. The van der Waals surface area contributed by atoms with Gasteiger partial charge in [-0.05, 0) is 12.1 Å². The maximum Gasteiger partial charge on any atom is 0.416 e. The minimum Gasteiger partial charge on any atom is -0.365 e. The summed E-state index contributed by atoms with van der Waals surface area (Å²) in [5, 5.41) is 0. The maximum absolute atomic E-state index is 12.5. The van der Waals surface area contributed by atoms with Gasteiger partial charge in [0.1, 0.15) is 5.56 Å². The maximum atomic E-state index is 12.5. The molecule has 0 spiro atoms. The van der Waals surface area contributed by atoms with Crippen molar-refractivity contribution < 1.29 is 22.7 Å². The fourth-order valence-electron chi connectivity index (χ4n) is 1.79. The van der Waals surface area contributed by atoms with E-state index in [-0.39, 0.29) is 18.7 Å². The average Bonchev–Trinajstić information content (AvgIpc) is 2.38. The molecule has 19 heavy (non-hydrogen) atoms.